The number of benzene rings is 2. The summed E-state index contributed by atoms with van der Waals surface area (Å²) in [4.78, 5) is 24.4. The van der Waals surface area contributed by atoms with Crippen LogP contribution < -0.4 is 10.6 Å². The predicted octanol–water partition coefficient (Wildman–Crippen LogP) is 4.84. The number of ether oxygens (including phenoxy) is 1. The van der Waals surface area contributed by atoms with Crippen LogP contribution in [0.2, 0.25) is 0 Å². The van der Waals surface area contributed by atoms with Crippen molar-refractivity contribution in [2.75, 3.05) is 11.9 Å². The lowest BCUT2D eigenvalue weighted by atomic mass is 9.88. The molecule has 0 saturated heterocycles. The van der Waals surface area contributed by atoms with Gasteiger partial charge in [0.15, 0.2) is 0 Å². The molecule has 2 amide bonds. The highest BCUT2D eigenvalue weighted by molar-refractivity contribution is 5.84. The first kappa shape index (κ1) is 21.5. The normalized spacial score (nSPS) is 11.0. The fourth-order valence-electron chi connectivity index (χ4n) is 2.71. The number of rotatable bonds is 8. The van der Waals surface area contributed by atoms with Crippen molar-refractivity contribution >= 4 is 17.7 Å². The van der Waals surface area contributed by atoms with Crippen LogP contribution in [0.25, 0.3) is 0 Å². The van der Waals surface area contributed by atoms with Crippen LogP contribution in [0.5, 0.6) is 0 Å². The summed E-state index contributed by atoms with van der Waals surface area (Å²) in [5.74, 6) is -0.0603. The van der Waals surface area contributed by atoms with Crippen molar-refractivity contribution < 1.29 is 14.3 Å². The Bertz CT molecular complexity index is 798. The van der Waals surface area contributed by atoms with Gasteiger partial charge in [0.2, 0.25) is 5.91 Å². The number of hydrogen-bond donors (Lipinski definition) is 2. The topological polar surface area (TPSA) is 67.4 Å². The van der Waals surface area contributed by atoms with E-state index in [9.17, 15) is 9.59 Å². The number of carbonyl (C=O) groups is 2. The zero-order valence-electron chi connectivity index (χ0n) is 17.2. The fraction of sp³-hybridized carbons (Fsp3) is 0.391. The van der Waals surface area contributed by atoms with Gasteiger partial charge in [-0.3, -0.25) is 10.1 Å². The monoisotopic (exact) mass is 382 g/mol. The predicted molar refractivity (Wildman–Crippen MR) is 112 cm³/mol. The SMILES string of the molecule is CCc1ccc(NC(=O)OCCC(C)(C)C(=O)NCc2ccccc2C)cc1. The number of nitrogens with one attached hydrogen (secondary N) is 2. The Hall–Kier alpha value is -2.82. The van der Waals surface area contributed by atoms with Crippen molar-refractivity contribution in [1.29, 1.82) is 0 Å². The highest BCUT2D eigenvalue weighted by Gasteiger charge is 2.27. The van der Waals surface area contributed by atoms with Gasteiger partial charge in [-0.25, -0.2) is 4.79 Å². The largest absolute Gasteiger partial charge is 0.449 e. The second-order valence-corrected chi connectivity index (χ2v) is 7.55. The highest BCUT2D eigenvalue weighted by Crippen LogP contribution is 2.21. The molecule has 0 atom stereocenters. The van der Waals surface area contributed by atoms with E-state index < -0.39 is 11.5 Å². The molecular formula is C23H30N2O3. The lowest BCUT2D eigenvalue weighted by molar-refractivity contribution is -0.130. The van der Waals surface area contributed by atoms with Crippen LogP contribution in [0, 0.1) is 12.3 Å². The zero-order valence-corrected chi connectivity index (χ0v) is 17.2. The quantitative estimate of drug-likeness (QED) is 0.686. The van der Waals surface area contributed by atoms with Gasteiger partial charge < -0.3 is 10.1 Å². The van der Waals surface area contributed by atoms with Crippen molar-refractivity contribution in [3.63, 3.8) is 0 Å². The molecule has 0 aliphatic heterocycles. The van der Waals surface area contributed by atoms with Gasteiger partial charge in [0.1, 0.15) is 0 Å². The van der Waals surface area contributed by atoms with Gasteiger partial charge in [0.25, 0.3) is 0 Å². The van der Waals surface area contributed by atoms with E-state index in [1.165, 1.54) is 5.56 Å². The molecule has 0 heterocycles. The molecule has 0 bridgehead atoms. The molecule has 150 valence electrons. The van der Waals surface area contributed by atoms with E-state index in [2.05, 4.69) is 17.6 Å². The van der Waals surface area contributed by atoms with E-state index in [1.54, 1.807) is 0 Å². The summed E-state index contributed by atoms with van der Waals surface area (Å²) in [6, 6.07) is 15.6. The van der Waals surface area contributed by atoms with Crippen LogP contribution in [-0.2, 0) is 22.5 Å². The number of hydrogen-bond acceptors (Lipinski definition) is 3. The minimum atomic E-state index is -0.633. The van der Waals surface area contributed by atoms with Crippen molar-refractivity contribution in [3.05, 3.63) is 65.2 Å². The molecule has 0 aliphatic carbocycles. The van der Waals surface area contributed by atoms with E-state index >= 15 is 0 Å². The van der Waals surface area contributed by atoms with Crippen LogP contribution in [0.1, 0.15) is 43.9 Å². The van der Waals surface area contributed by atoms with E-state index in [0.29, 0.717) is 18.7 Å². The van der Waals surface area contributed by atoms with Crippen LogP contribution in [0.15, 0.2) is 48.5 Å². The summed E-state index contributed by atoms with van der Waals surface area (Å²) in [7, 11) is 0. The lowest BCUT2D eigenvalue weighted by Gasteiger charge is -2.23. The van der Waals surface area contributed by atoms with Crippen LogP contribution in [0.3, 0.4) is 0 Å². The lowest BCUT2D eigenvalue weighted by Crippen LogP contribution is -2.37. The van der Waals surface area contributed by atoms with Gasteiger partial charge in [-0.05, 0) is 48.6 Å². The van der Waals surface area contributed by atoms with Crippen LogP contribution in [0.4, 0.5) is 10.5 Å². The third-order valence-electron chi connectivity index (χ3n) is 4.88. The van der Waals surface area contributed by atoms with Crippen molar-refractivity contribution in [1.82, 2.24) is 5.32 Å². The summed E-state index contributed by atoms with van der Waals surface area (Å²) in [6.07, 6.45) is 0.876. The van der Waals surface area contributed by atoms with Crippen molar-refractivity contribution in [2.45, 2.75) is 47.1 Å². The second kappa shape index (κ2) is 9.93. The minimum Gasteiger partial charge on any atom is -0.449 e. The highest BCUT2D eigenvalue weighted by atomic mass is 16.5. The molecule has 5 nitrogen and oxygen atoms in total. The Morgan fingerprint density at radius 1 is 1.04 bits per heavy atom. The summed E-state index contributed by atoms with van der Waals surface area (Å²) in [5.41, 5.74) is 3.50. The summed E-state index contributed by atoms with van der Waals surface area (Å²) >= 11 is 0. The summed E-state index contributed by atoms with van der Waals surface area (Å²) in [6.45, 7) is 8.47. The average Bonchev–Trinajstić information content (AvgIpc) is 2.67. The Morgan fingerprint density at radius 3 is 2.36 bits per heavy atom. The second-order valence-electron chi connectivity index (χ2n) is 7.55. The molecule has 0 radical (unpaired) electrons. The average molecular weight is 383 g/mol. The Labute approximate surface area is 167 Å². The minimum absolute atomic E-state index is 0.0603. The number of carbonyl (C=O) groups excluding carboxylic acids is 2. The molecule has 0 saturated carbocycles. The molecule has 28 heavy (non-hydrogen) atoms. The molecule has 2 rings (SSSR count). The molecule has 0 spiro atoms. The Balaban J connectivity index is 1.75. The first-order valence-electron chi connectivity index (χ1n) is 9.67. The molecule has 0 unspecified atom stereocenters. The van der Waals surface area contributed by atoms with Gasteiger partial charge >= 0.3 is 6.09 Å². The summed E-state index contributed by atoms with van der Waals surface area (Å²) in [5, 5.41) is 5.67. The zero-order chi connectivity index (χ0) is 20.6. The Morgan fingerprint density at radius 2 is 1.71 bits per heavy atom. The van der Waals surface area contributed by atoms with Crippen LogP contribution in [-0.4, -0.2) is 18.6 Å². The Kier molecular flexibility index (Phi) is 7.61. The fourth-order valence-corrected chi connectivity index (χ4v) is 2.71. The van der Waals surface area contributed by atoms with E-state index in [0.717, 1.165) is 17.5 Å². The van der Waals surface area contributed by atoms with E-state index in [1.807, 2.05) is 69.3 Å². The van der Waals surface area contributed by atoms with Crippen molar-refractivity contribution in [3.8, 4) is 0 Å². The number of anilines is 1. The first-order valence-corrected chi connectivity index (χ1v) is 9.67. The van der Waals surface area contributed by atoms with Crippen molar-refractivity contribution in [2.24, 2.45) is 5.41 Å². The van der Waals surface area contributed by atoms with Gasteiger partial charge in [-0.15, -0.1) is 0 Å². The third kappa shape index (κ3) is 6.41. The molecule has 5 heteroatoms. The first-order chi connectivity index (χ1) is 13.3. The van der Waals surface area contributed by atoms with Gasteiger partial charge in [0, 0.05) is 17.6 Å². The third-order valence-corrected chi connectivity index (χ3v) is 4.88. The smallest absolute Gasteiger partial charge is 0.411 e. The number of amides is 2. The maximum absolute atomic E-state index is 12.5. The molecule has 2 aromatic carbocycles. The maximum Gasteiger partial charge on any atom is 0.411 e. The summed E-state index contributed by atoms with van der Waals surface area (Å²) < 4.78 is 5.24. The molecule has 0 aliphatic rings. The number of aryl methyl sites for hydroxylation is 2. The standard InChI is InChI=1S/C23H30N2O3/c1-5-18-10-12-20(13-11-18)25-22(27)28-15-14-23(3,4)21(26)24-16-19-9-7-6-8-17(19)2/h6-13H,5,14-16H2,1-4H3,(H,24,26)(H,25,27). The van der Waals surface area contributed by atoms with Crippen LogP contribution >= 0.6 is 0 Å². The van der Waals surface area contributed by atoms with E-state index in [-0.39, 0.29) is 12.5 Å². The van der Waals surface area contributed by atoms with Gasteiger partial charge in [0.05, 0.1) is 6.61 Å². The van der Waals surface area contributed by atoms with Gasteiger partial charge in [-0.2, -0.15) is 0 Å². The molecular weight excluding hydrogens is 352 g/mol. The molecule has 2 N–H and O–H groups in total. The van der Waals surface area contributed by atoms with Gasteiger partial charge in [-0.1, -0.05) is 57.2 Å². The molecule has 2 aromatic rings. The maximum atomic E-state index is 12.5. The van der Waals surface area contributed by atoms with E-state index in [4.69, 9.17) is 4.74 Å². The molecule has 0 aromatic heterocycles. The molecule has 0 fully saturated rings.